The molecule has 0 spiro atoms. The van der Waals surface area contributed by atoms with Gasteiger partial charge in [-0.1, -0.05) is 6.92 Å². The van der Waals surface area contributed by atoms with Gasteiger partial charge in [0.05, 0.1) is 4.92 Å². The summed E-state index contributed by atoms with van der Waals surface area (Å²) in [6, 6.07) is 3.42. The fourth-order valence-electron chi connectivity index (χ4n) is 1.65. The number of hydrogen-bond donors (Lipinski definition) is 2. The average Bonchev–Trinajstić information content (AvgIpc) is 2.29. The van der Waals surface area contributed by atoms with Gasteiger partial charge in [-0.05, 0) is 31.0 Å². The van der Waals surface area contributed by atoms with Crippen LogP contribution in [-0.4, -0.2) is 23.2 Å². The van der Waals surface area contributed by atoms with Crippen molar-refractivity contribution >= 4 is 5.69 Å². The molecule has 1 atom stereocenters. The molecule has 0 bridgehead atoms. The number of halogens is 1. The van der Waals surface area contributed by atoms with E-state index in [2.05, 4.69) is 5.32 Å². The van der Waals surface area contributed by atoms with Crippen molar-refractivity contribution in [2.45, 2.75) is 19.9 Å². The Hall–Kier alpha value is -1.53. The van der Waals surface area contributed by atoms with Crippen LogP contribution in [0.25, 0.3) is 0 Å². The van der Waals surface area contributed by atoms with Crippen molar-refractivity contribution in [2.24, 2.45) is 5.92 Å². The van der Waals surface area contributed by atoms with Gasteiger partial charge in [-0.15, -0.1) is 0 Å². The van der Waals surface area contributed by atoms with E-state index in [-0.39, 0.29) is 24.8 Å². The first-order chi connectivity index (χ1) is 8.54. The van der Waals surface area contributed by atoms with Crippen molar-refractivity contribution in [3.63, 3.8) is 0 Å². The monoisotopic (exact) mass is 256 g/mol. The predicted molar refractivity (Wildman–Crippen MR) is 65.6 cm³/mol. The lowest BCUT2D eigenvalue weighted by atomic mass is 10.1. The van der Waals surface area contributed by atoms with Crippen LogP contribution in [0.15, 0.2) is 18.2 Å². The van der Waals surface area contributed by atoms with E-state index in [9.17, 15) is 14.5 Å². The van der Waals surface area contributed by atoms with E-state index in [1.807, 2.05) is 6.92 Å². The smallest absolute Gasteiger partial charge is 0.274 e. The van der Waals surface area contributed by atoms with Crippen molar-refractivity contribution in [3.05, 3.63) is 39.7 Å². The number of hydrogen-bond acceptors (Lipinski definition) is 4. The number of nitrogens with zero attached hydrogens (tertiary/aromatic N) is 1. The summed E-state index contributed by atoms with van der Waals surface area (Å²) in [6.45, 7) is 2.93. The first-order valence-electron chi connectivity index (χ1n) is 5.79. The molecule has 0 aliphatic heterocycles. The molecule has 2 N–H and O–H groups in total. The van der Waals surface area contributed by atoms with Crippen LogP contribution in [0.3, 0.4) is 0 Å². The summed E-state index contributed by atoms with van der Waals surface area (Å²) in [5.41, 5.74) is 0.245. The minimum absolute atomic E-state index is 0.0845. The largest absolute Gasteiger partial charge is 0.396 e. The first-order valence-corrected chi connectivity index (χ1v) is 5.79. The summed E-state index contributed by atoms with van der Waals surface area (Å²) in [5.74, 6) is -0.219. The molecule has 0 saturated carbocycles. The minimum Gasteiger partial charge on any atom is -0.396 e. The molecule has 0 aliphatic carbocycles. The van der Waals surface area contributed by atoms with Crippen molar-refractivity contribution in [1.29, 1.82) is 0 Å². The van der Waals surface area contributed by atoms with E-state index in [4.69, 9.17) is 5.11 Å². The summed E-state index contributed by atoms with van der Waals surface area (Å²) < 4.78 is 13.0. The van der Waals surface area contributed by atoms with E-state index in [0.717, 1.165) is 6.07 Å². The topological polar surface area (TPSA) is 75.4 Å². The highest BCUT2D eigenvalue weighted by atomic mass is 19.1. The third kappa shape index (κ3) is 4.38. The van der Waals surface area contributed by atoms with E-state index in [0.29, 0.717) is 18.5 Å². The lowest BCUT2D eigenvalue weighted by Gasteiger charge is -2.11. The van der Waals surface area contributed by atoms with Gasteiger partial charge >= 0.3 is 0 Å². The van der Waals surface area contributed by atoms with Gasteiger partial charge < -0.3 is 10.4 Å². The van der Waals surface area contributed by atoms with Crippen LogP contribution in [0.4, 0.5) is 10.1 Å². The molecule has 0 aliphatic rings. The number of rotatable bonds is 7. The zero-order valence-electron chi connectivity index (χ0n) is 10.2. The molecule has 5 nitrogen and oxygen atoms in total. The van der Waals surface area contributed by atoms with Crippen molar-refractivity contribution in [3.8, 4) is 0 Å². The molecule has 0 saturated heterocycles. The second-order valence-electron chi connectivity index (χ2n) is 4.28. The molecule has 1 aromatic carbocycles. The van der Waals surface area contributed by atoms with Crippen LogP contribution in [-0.2, 0) is 6.54 Å². The zero-order chi connectivity index (χ0) is 13.5. The van der Waals surface area contributed by atoms with E-state index in [1.54, 1.807) is 0 Å². The zero-order valence-corrected chi connectivity index (χ0v) is 10.2. The van der Waals surface area contributed by atoms with Gasteiger partial charge in [-0.2, -0.15) is 0 Å². The summed E-state index contributed by atoms with van der Waals surface area (Å²) in [7, 11) is 0. The Morgan fingerprint density at radius 2 is 2.28 bits per heavy atom. The van der Waals surface area contributed by atoms with Crippen LogP contribution in [0, 0.1) is 21.8 Å². The van der Waals surface area contributed by atoms with Gasteiger partial charge in [0.1, 0.15) is 5.82 Å². The van der Waals surface area contributed by atoms with Crippen molar-refractivity contribution < 1.29 is 14.4 Å². The van der Waals surface area contributed by atoms with Gasteiger partial charge in [0.25, 0.3) is 5.69 Å². The molecule has 100 valence electrons. The van der Waals surface area contributed by atoms with Gasteiger partial charge in [0, 0.05) is 24.8 Å². The second kappa shape index (κ2) is 7.03. The maximum atomic E-state index is 13.0. The average molecular weight is 256 g/mol. The van der Waals surface area contributed by atoms with Gasteiger partial charge in [-0.3, -0.25) is 10.1 Å². The Bertz CT molecular complexity index is 412. The Morgan fingerprint density at radius 3 is 2.89 bits per heavy atom. The number of benzene rings is 1. The fourth-order valence-corrected chi connectivity index (χ4v) is 1.65. The van der Waals surface area contributed by atoms with E-state index < -0.39 is 10.7 Å². The molecule has 1 aromatic rings. The van der Waals surface area contributed by atoms with Crippen LogP contribution >= 0.6 is 0 Å². The highest BCUT2D eigenvalue weighted by Crippen LogP contribution is 2.19. The van der Waals surface area contributed by atoms with Crippen LogP contribution in [0.1, 0.15) is 18.9 Å². The fraction of sp³-hybridized carbons (Fsp3) is 0.500. The highest BCUT2D eigenvalue weighted by molar-refractivity contribution is 5.40. The summed E-state index contributed by atoms with van der Waals surface area (Å²) in [5, 5.41) is 22.5. The van der Waals surface area contributed by atoms with Gasteiger partial charge in [-0.25, -0.2) is 4.39 Å². The molecular formula is C12H17FN2O3. The molecule has 1 rings (SSSR count). The van der Waals surface area contributed by atoms with E-state index >= 15 is 0 Å². The number of aliphatic hydroxyl groups is 1. The number of nitrogens with one attached hydrogen (secondary N) is 1. The van der Waals surface area contributed by atoms with Gasteiger partial charge in [0.2, 0.25) is 0 Å². The SMILES string of the molecule is CC(CCO)CNCc1cc(F)ccc1[N+](=O)[O-]. The molecule has 1 unspecified atom stereocenters. The molecule has 0 radical (unpaired) electrons. The van der Waals surface area contributed by atoms with Gasteiger partial charge in [0.15, 0.2) is 0 Å². The highest BCUT2D eigenvalue weighted by Gasteiger charge is 2.14. The Labute approximate surface area is 105 Å². The summed E-state index contributed by atoms with van der Waals surface area (Å²) in [4.78, 5) is 10.2. The van der Waals surface area contributed by atoms with Crippen molar-refractivity contribution in [1.82, 2.24) is 5.32 Å². The quantitative estimate of drug-likeness (QED) is 0.576. The second-order valence-corrected chi connectivity index (χ2v) is 4.28. The molecule has 6 heteroatoms. The number of aliphatic hydroxyl groups excluding tert-OH is 1. The van der Waals surface area contributed by atoms with E-state index in [1.165, 1.54) is 12.1 Å². The lowest BCUT2D eigenvalue weighted by molar-refractivity contribution is -0.385. The molecular weight excluding hydrogens is 239 g/mol. The normalized spacial score (nSPS) is 12.4. The number of nitro benzene ring substituents is 1. The Kier molecular flexibility index (Phi) is 5.67. The predicted octanol–water partition coefficient (Wildman–Crippen LogP) is 1.84. The summed E-state index contributed by atoms with van der Waals surface area (Å²) in [6.07, 6.45) is 0.665. The third-order valence-corrected chi connectivity index (χ3v) is 2.67. The lowest BCUT2D eigenvalue weighted by Crippen LogP contribution is -2.22. The molecule has 0 aromatic heterocycles. The standard InChI is InChI=1S/C12H17FN2O3/c1-9(4-5-16)7-14-8-10-6-11(13)2-3-12(10)15(17)18/h2-3,6,9,14,16H,4-5,7-8H2,1H3. The van der Waals surface area contributed by atoms with Crippen LogP contribution in [0.5, 0.6) is 0 Å². The maximum absolute atomic E-state index is 13.0. The van der Waals surface area contributed by atoms with Crippen molar-refractivity contribution in [2.75, 3.05) is 13.2 Å². The van der Waals surface area contributed by atoms with Crippen LogP contribution < -0.4 is 5.32 Å². The Morgan fingerprint density at radius 1 is 1.56 bits per heavy atom. The summed E-state index contributed by atoms with van der Waals surface area (Å²) >= 11 is 0. The first kappa shape index (κ1) is 14.5. The Balaban J connectivity index is 2.60. The number of nitro groups is 1. The third-order valence-electron chi connectivity index (χ3n) is 2.67. The molecule has 0 fully saturated rings. The van der Waals surface area contributed by atoms with Crippen LogP contribution in [0.2, 0.25) is 0 Å². The molecule has 0 heterocycles. The minimum atomic E-state index is -0.520. The maximum Gasteiger partial charge on any atom is 0.274 e. The molecule has 0 amide bonds. The molecule has 18 heavy (non-hydrogen) atoms.